The summed E-state index contributed by atoms with van der Waals surface area (Å²) < 4.78 is 0. The zero-order valence-electron chi connectivity index (χ0n) is 11.0. The lowest BCUT2D eigenvalue weighted by atomic mass is 10.2. The van der Waals surface area contributed by atoms with Gasteiger partial charge in [0.1, 0.15) is 5.82 Å². The maximum absolute atomic E-state index is 5.51. The summed E-state index contributed by atoms with van der Waals surface area (Å²) >= 11 is 0. The highest BCUT2D eigenvalue weighted by Gasteiger charge is 2.07. The highest BCUT2D eigenvalue weighted by atomic mass is 14.9. The average molecular weight is 254 g/mol. The number of nitrogens with two attached hydrogens (primary N) is 1. The number of nitrogens with zero attached hydrogens (tertiary/aromatic N) is 1. The van der Waals surface area contributed by atoms with Gasteiger partial charge in [0.15, 0.2) is 0 Å². The van der Waals surface area contributed by atoms with Gasteiger partial charge in [0.25, 0.3) is 0 Å². The fourth-order valence-corrected chi connectivity index (χ4v) is 2.35. The number of hydrogen-bond donors (Lipinski definition) is 3. The molecule has 0 saturated carbocycles. The monoisotopic (exact) mass is 254 g/mol. The lowest BCUT2D eigenvalue weighted by molar-refractivity contribution is 0.794. The summed E-state index contributed by atoms with van der Waals surface area (Å²) in [6, 6.07) is 8.47. The largest absolute Gasteiger partial charge is 0.353 e. The Morgan fingerprint density at radius 2 is 2.11 bits per heavy atom. The van der Waals surface area contributed by atoms with Gasteiger partial charge in [-0.25, -0.2) is 4.98 Å². The van der Waals surface area contributed by atoms with E-state index in [1.165, 1.54) is 16.5 Å². The molecule has 0 bridgehead atoms. The maximum atomic E-state index is 5.51. The minimum absolute atomic E-state index is 0.696. The molecule has 0 fully saturated rings. The molecule has 0 radical (unpaired) electrons. The Labute approximate surface area is 112 Å². The Bertz CT molecular complexity index is 693. The first-order chi connectivity index (χ1) is 9.28. The van der Waals surface area contributed by atoms with Crippen LogP contribution in [0.5, 0.6) is 0 Å². The van der Waals surface area contributed by atoms with Crippen LogP contribution in [0.4, 0.5) is 0 Å². The number of imidazole rings is 1. The second-order valence-electron chi connectivity index (χ2n) is 4.86. The molecule has 19 heavy (non-hydrogen) atoms. The molecule has 0 atom stereocenters. The van der Waals surface area contributed by atoms with E-state index in [9.17, 15) is 0 Å². The molecule has 3 aromatic rings. The summed E-state index contributed by atoms with van der Waals surface area (Å²) in [5.41, 5.74) is 10.1. The van der Waals surface area contributed by atoms with Crippen LogP contribution in [0.3, 0.4) is 0 Å². The number of aromatic amines is 2. The van der Waals surface area contributed by atoms with Gasteiger partial charge >= 0.3 is 0 Å². The molecule has 2 heterocycles. The standard InChI is InChI=1S/C15H18N4/c1-10-4-2-5-11-8-12(19-15(10)11)13-9-17-14(18-13)6-3-7-16/h2,4-5,8-9,19H,3,6-7,16H2,1H3,(H,17,18). The molecular weight excluding hydrogens is 236 g/mol. The predicted octanol–water partition coefficient (Wildman–Crippen LogP) is 2.76. The number of fused-ring (bicyclic) bond motifs is 1. The highest BCUT2D eigenvalue weighted by Crippen LogP contribution is 2.24. The summed E-state index contributed by atoms with van der Waals surface area (Å²) in [6.07, 6.45) is 3.74. The number of nitrogens with one attached hydrogen (secondary N) is 2. The third-order valence-electron chi connectivity index (χ3n) is 3.40. The van der Waals surface area contributed by atoms with Crippen LogP contribution in [0.1, 0.15) is 17.8 Å². The molecule has 4 heteroatoms. The molecule has 0 aliphatic heterocycles. The van der Waals surface area contributed by atoms with Gasteiger partial charge in [-0.15, -0.1) is 0 Å². The van der Waals surface area contributed by atoms with Crippen molar-refractivity contribution in [3.8, 4) is 11.4 Å². The number of rotatable bonds is 4. The molecule has 3 rings (SSSR count). The molecule has 0 aliphatic rings. The van der Waals surface area contributed by atoms with Crippen molar-refractivity contribution >= 4 is 10.9 Å². The van der Waals surface area contributed by atoms with Gasteiger partial charge < -0.3 is 15.7 Å². The van der Waals surface area contributed by atoms with Crippen molar-refractivity contribution < 1.29 is 0 Å². The lowest BCUT2D eigenvalue weighted by Gasteiger charge is -1.95. The first kappa shape index (κ1) is 12.0. The first-order valence-corrected chi connectivity index (χ1v) is 6.60. The summed E-state index contributed by atoms with van der Waals surface area (Å²) in [5.74, 6) is 0.996. The van der Waals surface area contributed by atoms with Crippen molar-refractivity contribution in [3.63, 3.8) is 0 Å². The first-order valence-electron chi connectivity index (χ1n) is 6.60. The molecule has 4 nitrogen and oxygen atoms in total. The highest BCUT2D eigenvalue weighted by molar-refractivity contribution is 5.87. The van der Waals surface area contributed by atoms with Crippen LogP contribution in [-0.4, -0.2) is 21.5 Å². The summed E-state index contributed by atoms with van der Waals surface area (Å²) in [7, 11) is 0. The molecular formula is C15H18N4. The van der Waals surface area contributed by atoms with E-state index in [1.54, 1.807) is 0 Å². The third kappa shape index (κ3) is 2.27. The predicted molar refractivity (Wildman–Crippen MR) is 78.0 cm³/mol. The second kappa shape index (κ2) is 4.90. The number of aromatic nitrogens is 3. The average Bonchev–Trinajstić information content (AvgIpc) is 3.03. The van der Waals surface area contributed by atoms with Gasteiger partial charge in [0, 0.05) is 17.3 Å². The van der Waals surface area contributed by atoms with Crippen molar-refractivity contribution in [1.82, 2.24) is 15.0 Å². The van der Waals surface area contributed by atoms with Crippen LogP contribution < -0.4 is 5.73 Å². The lowest BCUT2D eigenvalue weighted by Crippen LogP contribution is -2.01. The quantitative estimate of drug-likeness (QED) is 0.670. The van der Waals surface area contributed by atoms with Crippen LogP contribution in [0.25, 0.3) is 22.3 Å². The normalized spacial score (nSPS) is 11.3. The third-order valence-corrected chi connectivity index (χ3v) is 3.40. The zero-order valence-corrected chi connectivity index (χ0v) is 11.0. The van der Waals surface area contributed by atoms with E-state index < -0.39 is 0 Å². The topological polar surface area (TPSA) is 70.5 Å². The Morgan fingerprint density at radius 3 is 2.89 bits per heavy atom. The van der Waals surface area contributed by atoms with Gasteiger partial charge in [0.2, 0.25) is 0 Å². The van der Waals surface area contributed by atoms with Crippen molar-refractivity contribution in [2.75, 3.05) is 6.54 Å². The molecule has 0 spiro atoms. The molecule has 1 aromatic carbocycles. The van der Waals surface area contributed by atoms with Gasteiger partial charge in [-0.05, 0) is 31.5 Å². The molecule has 0 aliphatic carbocycles. The number of aryl methyl sites for hydroxylation is 2. The van der Waals surface area contributed by atoms with Gasteiger partial charge in [-0.3, -0.25) is 0 Å². The van der Waals surface area contributed by atoms with Crippen molar-refractivity contribution in [2.24, 2.45) is 5.73 Å². The summed E-state index contributed by atoms with van der Waals surface area (Å²) in [4.78, 5) is 11.2. The van der Waals surface area contributed by atoms with E-state index in [-0.39, 0.29) is 0 Å². The Balaban J connectivity index is 1.95. The summed E-state index contributed by atoms with van der Waals surface area (Å²) in [6.45, 7) is 2.81. The minimum atomic E-state index is 0.696. The van der Waals surface area contributed by atoms with Crippen molar-refractivity contribution in [2.45, 2.75) is 19.8 Å². The maximum Gasteiger partial charge on any atom is 0.106 e. The Hall–Kier alpha value is -2.07. The smallest absolute Gasteiger partial charge is 0.106 e. The zero-order chi connectivity index (χ0) is 13.2. The van der Waals surface area contributed by atoms with Crippen LogP contribution in [0.2, 0.25) is 0 Å². The SMILES string of the molecule is Cc1cccc2cc(-c3cnc(CCCN)[nH]3)[nH]c12. The van der Waals surface area contributed by atoms with Crippen LogP contribution >= 0.6 is 0 Å². The van der Waals surface area contributed by atoms with Crippen LogP contribution in [0, 0.1) is 6.92 Å². The summed E-state index contributed by atoms with van der Waals surface area (Å²) in [5, 5.41) is 1.23. The molecule has 0 amide bonds. The van der Waals surface area contributed by atoms with Crippen LogP contribution in [-0.2, 0) is 6.42 Å². The van der Waals surface area contributed by atoms with E-state index in [0.29, 0.717) is 6.54 Å². The van der Waals surface area contributed by atoms with Crippen molar-refractivity contribution in [1.29, 1.82) is 0 Å². The minimum Gasteiger partial charge on any atom is -0.353 e. The molecule has 0 unspecified atom stereocenters. The van der Waals surface area contributed by atoms with E-state index in [0.717, 1.165) is 30.1 Å². The number of para-hydroxylation sites is 1. The van der Waals surface area contributed by atoms with Crippen molar-refractivity contribution in [3.05, 3.63) is 41.9 Å². The van der Waals surface area contributed by atoms with E-state index in [4.69, 9.17) is 5.73 Å². The molecule has 4 N–H and O–H groups in total. The van der Waals surface area contributed by atoms with E-state index in [2.05, 4.69) is 46.1 Å². The Morgan fingerprint density at radius 1 is 1.21 bits per heavy atom. The van der Waals surface area contributed by atoms with Gasteiger partial charge in [-0.2, -0.15) is 0 Å². The van der Waals surface area contributed by atoms with E-state index in [1.807, 2.05) is 6.20 Å². The van der Waals surface area contributed by atoms with Gasteiger partial charge in [0.05, 0.1) is 17.6 Å². The Kier molecular flexibility index (Phi) is 3.09. The molecule has 0 saturated heterocycles. The fraction of sp³-hybridized carbons (Fsp3) is 0.267. The van der Waals surface area contributed by atoms with E-state index >= 15 is 0 Å². The number of hydrogen-bond acceptors (Lipinski definition) is 2. The van der Waals surface area contributed by atoms with Gasteiger partial charge in [-0.1, -0.05) is 18.2 Å². The van der Waals surface area contributed by atoms with Crippen LogP contribution in [0.15, 0.2) is 30.5 Å². The second-order valence-corrected chi connectivity index (χ2v) is 4.86. The number of H-pyrrole nitrogens is 2. The number of benzene rings is 1. The molecule has 2 aromatic heterocycles. The molecule has 98 valence electrons. The fourth-order valence-electron chi connectivity index (χ4n) is 2.35.